The molecule has 1 saturated heterocycles. The summed E-state index contributed by atoms with van der Waals surface area (Å²) in [6, 6.07) is 11.3. The second-order valence-electron chi connectivity index (χ2n) is 10.00. The highest BCUT2D eigenvalue weighted by Gasteiger charge is 2.25. The van der Waals surface area contributed by atoms with Gasteiger partial charge in [-0.1, -0.05) is 26.0 Å². The normalized spacial score (nSPS) is 17.0. The number of benzene rings is 1. The molecule has 2 aromatic heterocycles. The molecule has 3 aromatic rings. The molecule has 9 N–H and O–H groups in total. The number of fused-ring (bicyclic) bond motifs is 2. The Bertz CT molecular complexity index is 1130. The molecule has 0 saturated carbocycles. The Hall–Kier alpha value is -2.08. The highest BCUT2D eigenvalue weighted by molar-refractivity contribution is 9.10. The molecule has 0 amide bonds. The molecule has 5 rings (SSSR count). The van der Waals surface area contributed by atoms with Crippen LogP contribution >= 0.6 is 15.9 Å². The second kappa shape index (κ2) is 12.9. The van der Waals surface area contributed by atoms with Gasteiger partial charge < -0.3 is 32.4 Å². The Morgan fingerprint density at radius 3 is 2.47 bits per heavy atom. The van der Waals surface area contributed by atoms with Crippen LogP contribution in [0.25, 0.3) is 16.7 Å². The minimum Gasteiger partial charge on any atom is -0.412 e. The van der Waals surface area contributed by atoms with Crippen LogP contribution in [0.1, 0.15) is 50.8 Å². The SMILES string of the molecule is CC(C)C(N)CN1CCC(Nc2nc3ccccc3n2-c2cc3c(nc2Br)CCCC3)CC1.O.O.O. The third-order valence-corrected chi connectivity index (χ3v) is 7.87. The van der Waals surface area contributed by atoms with E-state index in [2.05, 4.69) is 74.9 Å². The van der Waals surface area contributed by atoms with Crippen molar-refractivity contribution in [1.82, 2.24) is 19.4 Å². The van der Waals surface area contributed by atoms with Gasteiger partial charge in [0.2, 0.25) is 5.95 Å². The van der Waals surface area contributed by atoms with E-state index >= 15 is 0 Å². The number of aryl methyl sites for hydroxylation is 2. The molecular formula is C26H41BrN6O3. The number of rotatable bonds is 6. The molecule has 2 aliphatic rings. The van der Waals surface area contributed by atoms with Crippen molar-refractivity contribution < 1.29 is 16.4 Å². The number of halogens is 1. The summed E-state index contributed by atoms with van der Waals surface area (Å²) in [6.07, 6.45) is 6.84. The van der Waals surface area contributed by atoms with Crippen molar-refractivity contribution in [3.05, 3.63) is 46.2 Å². The molecule has 0 bridgehead atoms. The van der Waals surface area contributed by atoms with E-state index in [1.165, 1.54) is 24.1 Å². The molecule has 10 heteroatoms. The van der Waals surface area contributed by atoms with E-state index in [-0.39, 0.29) is 22.5 Å². The lowest BCUT2D eigenvalue weighted by Gasteiger charge is -2.34. The van der Waals surface area contributed by atoms with Crippen LogP contribution in [0.5, 0.6) is 0 Å². The van der Waals surface area contributed by atoms with Crippen LogP contribution < -0.4 is 11.1 Å². The van der Waals surface area contributed by atoms with Crippen LogP contribution in [-0.2, 0) is 12.8 Å². The van der Waals surface area contributed by atoms with Gasteiger partial charge >= 0.3 is 0 Å². The highest BCUT2D eigenvalue weighted by Crippen LogP contribution is 2.33. The summed E-state index contributed by atoms with van der Waals surface area (Å²) >= 11 is 3.78. The Morgan fingerprint density at radius 2 is 1.75 bits per heavy atom. The van der Waals surface area contributed by atoms with Gasteiger partial charge in [-0.2, -0.15) is 0 Å². The first-order valence-corrected chi connectivity index (χ1v) is 13.2. The van der Waals surface area contributed by atoms with Gasteiger partial charge in [0.05, 0.1) is 16.7 Å². The molecule has 9 nitrogen and oxygen atoms in total. The number of imidazole rings is 1. The largest absolute Gasteiger partial charge is 0.412 e. The number of hydrogen-bond acceptors (Lipinski definition) is 5. The highest BCUT2D eigenvalue weighted by atomic mass is 79.9. The Balaban J connectivity index is 0.00000152. The van der Waals surface area contributed by atoms with Gasteiger partial charge in [-0.15, -0.1) is 0 Å². The lowest BCUT2D eigenvalue weighted by atomic mass is 9.96. The fourth-order valence-electron chi connectivity index (χ4n) is 5.07. The average Bonchev–Trinajstić information content (AvgIpc) is 3.17. The monoisotopic (exact) mass is 564 g/mol. The lowest BCUT2D eigenvalue weighted by molar-refractivity contribution is 0.194. The molecule has 200 valence electrons. The number of anilines is 1. The zero-order valence-corrected chi connectivity index (χ0v) is 22.8. The minimum atomic E-state index is 0. The van der Waals surface area contributed by atoms with Crippen LogP contribution in [0, 0.1) is 5.92 Å². The van der Waals surface area contributed by atoms with E-state index in [9.17, 15) is 0 Å². The first kappa shape index (κ1) is 30.1. The van der Waals surface area contributed by atoms with E-state index in [1.54, 1.807) is 0 Å². The van der Waals surface area contributed by atoms with Crippen molar-refractivity contribution in [3.8, 4) is 5.69 Å². The van der Waals surface area contributed by atoms with Gasteiger partial charge in [-0.25, -0.2) is 9.97 Å². The van der Waals surface area contributed by atoms with Gasteiger partial charge in [0.1, 0.15) is 4.60 Å². The smallest absolute Gasteiger partial charge is 0.208 e. The molecule has 0 spiro atoms. The van der Waals surface area contributed by atoms with Crippen molar-refractivity contribution in [1.29, 1.82) is 0 Å². The Labute approximate surface area is 221 Å². The summed E-state index contributed by atoms with van der Waals surface area (Å²) in [5.41, 5.74) is 12.1. The van der Waals surface area contributed by atoms with Crippen molar-refractivity contribution >= 4 is 32.9 Å². The Kier molecular flexibility index (Phi) is 10.8. The van der Waals surface area contributed by atoms with Crippen molar-refractivity contribution in [2.45, 2.75) is 64.5 Å². The fraction of sp³-hybridized carbons (Fsp3) is 0.538. The van der Waals surface area contributed by atoms with Crippen molar-refractivity contribution in [2.24, 2.45) is 11.7 Å². The maximum absolute atomic E-state index is 6.31. The van der Waals surface area contributed by atoms with Crippen LogP contribution in [0.15, 0.2) is 34.9 Å². The molecule has 1 aliphatic heterocycles. The zero-order chi connectivity index (χ0) is 22.9. The standard InChI is InChI=1S/C26H35BrN6.3H2O/c1-17(2)20(28)16-32-13-11-19(12-14-32)29-26-31-22-9-5-6-10-23(22)33(26)24-15-18-7-3-4-8-21(18)30-25(24)27;;;/h5-6,9-10,15,17,19-20H,3-4,7-8,11-14,16,28H2,1-2H3,(H,29,31);3*1H2. The summed E-state index contributed by atoms with van der Waals surface area (Å²) in [7, 11) is 0. The van der Waals surface area contributed by atoms with Crippen LogP contribution in [0.2, 0.25) is 0 Å². The first-order chi connectivity index (χ1) is 16.0. The van der Waals surface area contributed by atoms with Crippen LogP contribution in [0.3, 0.4) is 0 Å². The van der Waals surface area contributed by atoms with Gasteiger partial charge in [0.15, 0.2) is 0 Å². The lowest BCUT2D eigenvalue weighted by Crippen LogP contribution is -2.46. The van der Waals surface area contributed by atoms with E-state index < -0.39 is 0 Å². The summed E-state index contributed by atoms with van der Waals surface area (Å²) in [5.74, 6) is 1.43. The van der Waals surface area contributed by atoms with Crippen molar-refractivity contribution in [2.75, 3.05) is 25.0 Å². The summed E-state index contributed by atoms with van der Waals surface area (Å²) in [5, 5.41) is 3.79. The van der Waals surface area contributed by atoms with E-state index in [0.717, 1.165) is 72.6 Å². The van der Waals surface area contributed by atoms with Gasteiger partial charge in [0, 0.05) is 37.4 Å². The van der Waals surface area contributed by atoms with E-state index in [0.29, 0.717) is 12.0 Å². The fourth-order valence-corrected chi connectivity index (χ4v) is 5.58. The molecule has 1 unspecified atom stereocenters. The molecule has 36 heavy (non-hydrogen) atoms. The van der Waals surface area contributed by atoms with Crippen LogP contribution in [0.4, 0.5) is 5.95 Å². The molecule has 1 fully saturated rings. The van der Waals surface area contributed by atoms with E-state index in [4.69, 9.17) is 15.7 Å². The Morgan fingerprint density at radius 1 is 1.06 bits per heavy atom. The minimum absolute atomic E-state index is 0. The predicted molar refractivity (Wildman–Crippen MR) is 150 cm³/mol. The van der Waals surface area contributed by atoms with Crippen molar-refractivity contribution in [3.63, 3.8) is 0 Å². The molecular weight excluding hydrogens is 524 g/mol. The average molecular weight is 566 g/mol. The summed E-state index contributed by atoms with van der Waals surface area (Å²) < 4.78 is 3.15. The molecule has 1 aromatic carbocycles. The van der Waals surface area contributed by atoms with Gasteiger partial charge in [-0.3, -0.25) is 4.57 Å². The van der Waals surface area contributed by atoms with E-state index in [1.807, 2.05) is 0 Å². The zero-order valence-electron chi connectivity index (χ0n) is 21.2. The first-order valence-electron chi connectivity index (χ1n) is 12.4. The number of likely N-dealkylation sites (tertiary alicyclic amines) is 1. The maximum Gasteiger partial charge on any atom is 0.208 e. The number of hydrogen-bond donors (Lipinski definition) is 2. The second-order valence-corrected chi connectivity index (χ2v) is 10.7. The molecule has 1 aliphatic carbocycles. The third-order valence-electron chi connectivity index (χ3n) is 7.28. The number of pyridine rings is 1. The van der Waals surface area contributed by atoms with Gasteiger partial charge in [0.25, 0.3) is 0 Å². The number of piperidine rings is 1. The number of nitrogens with zero attached hydrogens (tertiary/aromatic N) is 4. The van der Waals surface area contributed by atoms with Gasteiger partial charge in [-0.05, 0) is 84.1 Å². The van der Waals surface area contributed by atoms with Crippen LogP contribution in [-0.4, -0.2) is 67.6 Å². The maximum atomic E-state index is 6.31. The molecule has 1 atom stereocenters. The number of nitrogens with one attached hydrogen (secondary N) is 1. The topological polar surface area (TPSA) is 166 Å². The predicted octanol–water partition coefficient (Wildman–Crippen LogP) is 2.45. The molecule has 0 radical (unpaired) electrons. The number of aromatic nitrogens is 3. The molecule has 3 heterocycles. The third kappa shape index (κ3) is 6.24. The summed E-state index contributed by atoms with van der Waals surface area (Å²) in [4.78, 5) is 12.4. The summed E-state index contributed by atoms with van der Waals surface area (Å²) in [6.45, 7) is 7.54. The number of para-hydroxylation sites is 2. The quantitative estimate of drug-likeness (QED) is 0.437. The number of nitrogens with two attached hydrogens (primary N) is 1.